The summed E-state index contributed by atoms with van der Waals surface area (Å²) in [6.07, 6.45) is 1.09. The lowest BCUT2D eigenvalue weighted by Crippen LogP contribution is -2.24. The minimum absolute atomic E-state index is 0.456. The van der Waals surface area contributed by atoms with E-state index in [0.29, 0.717) is 11.9 Å². The highest BCUT2D eigenvalue weighted by Gasteiger charge is 1.96. The second-order valence-corrected chi connectivity index (χ2v) is 2.08. The Balaban J connectivity index is 3.34. The van der Waals surface area contributed by atoms with Crippen LogP contribution < -0.4 is 5.32 Å². The number of hydrogen-bond acceptors (Lipinski definition) is 2. The molecule has 1 atom stereocenters. The monoisotopic (exact) mass is 129 g/mol. The summed E-state index contributed by atoms with van der Waals surface area (Å²) in [6, 6.07) is 0.456. The molecule has 0 saturated carbocycles. The summed E-state index contributed by atoms with van der Waals surface area (Å²) in [4.78, 5) is 0. The second-order valence-electron chi connectivity index (χ2n) is 2.08. The Kier molecular flexibility index (Phi) is 3.93. The Bertz CT molecular complexity index is 90.9. The Morgan fingerprint density at radius 1 is 1.78 bits per heavy atom. The fourth-order valence-electron chi connectivity index (χ4n) is 0.436. The van der Waals surface area contributed by atoms with Crippen molar-refractivity contribution in [1.29, 1.82) is 0 Å². The molecule has 0 unspecified atom stereocenters. The van der Waals surface area contributed by atoms with Gasteiger partial charge in [-0.15, -0.1) is 0 Å². The van der Waals surface area contributed by atoms with Crippen molar-refractivity contribution in [3.63, 3.8) is 0 Å². The molecule has 0 bridgehead atoms. The van der Waals surface area contributed by atoms with Crippen LogP contribution in [0.5, 0.6) is 0 Å². The fourth-order valence-corrected chi connectivity index (χ4v) is 0.436. The van der Waals surface area contributed by atoms with Crippen molar-refractivity contribution < 1.29 is 4.74 Å². The molecule has 0 rings (SSSR count). The molecular formula is C7H15NO. The molecular weight excluding hydrogens is 114 g/mol. The molecule has 0 aliphatic heterocycles. The zero-order valence-electron chi connectivity index (χ0n) is 6.40. The van der Waals surface area contributed by atoms with Gasteiger partial charge in [0.25, 0.3) is 0 Å². The molecule has 0 aliphatic carbocycles. The predicted molar refractivity (Wildman–Crippen MR) is 39.0 cm³/mol. The highest BCUT2D eigenvalue weighted by atomic mass is 16.5. The van der Waals surface area contributed by atoms with E-state index < -0.39 is 0 Å². The molecule has 1 N–H and O–H groups in total. The lowest BCUT2D eigenvalue weighted by atomic mass is 10.3. The van der Waals surface area contributed by atoms with Crippen molar-refractivity contribution in [3.8, 4) is 0 Å². The molecule has 0 amide bonds. The number of nitrogens with one attached hydrogen (secondary N) is 1. The van der Waals surface area contributed by atoms with E-state index in [1.807, 2.05) is 0 Å². The third kappa shape index (κ3) is 3.88. The van der Waals surface area contributed by atoms with E-state index in [-0.39, 0.29) is 0 Å². The highest BCUT2D eigenvalue weighted by Crippen LogP contribution is 1.92. The lowest BCUT2D eigenvalue weighted by molar-refractivity contribution is 0.252. The maximum atomic E-state index is 4.82. The van der Waals surface area contributed by atoms with Crippen molar-refractivity contribution in [2.75, 3.05) is 7.11 Å². The molecule has 9 heavy (non-hydrogen) atoms. The predicted octanol–water partition coefficient (Wildman–Crippen LogP) is 1.49. The number of rotatable bonds is 4. The van der Waals surface area contributed by atoms with E-state index >= 15 is 0 Å². The van der Waals surface area contributed by atoms with Crippen LogP contribution in [0.4, 0.5) is 0 Å². The van der Waals surface area contributed by atoms with Crippen LogP contribution in [0.3, 0.4) is 0 Å². The van der Waals surface area contributed by atoms with Crippen LogP contribution in [0, 0.1) is 0 Å². The topological polar surface area (TPSA) is 21.3 Å². The van der Waals surface area contributed by atoms with Crippen LogP contribution in [0.25, 0.3) is 0 Å². The van der Waals surface area contributed by atoms with Crippen LogP contribution >= 0.6 is 0 Å². The zero-order valence-corrected chi connectivity index (χ0v) is 6.40. The van der Waals surface area contributed by atoms with Crippen LogP contribution in [-0.4, -0.2) is 13.2 Å². The first kappa shape index (κ1) is 8.34. The lowest BCUT2D eigenvalue weighted by Gasteiger charge is -2.12. The molecule has 54 valence electrons. The first-order valence-corrected chi connectivity index (χ1v) is 3.20. The average molecular weight is 129 g/mol. The average Bonchev–Trinajstić information content (AvgIpc) is 1.87. The van der Waals surface area contributed by atoms with Gasteiger partial charge in [0.2, 0.25) is 0 Å². The van der Waals surface area contributed by atoms with Gasteiger partial charge in [-0.1, -0.05) is 6.92 Å². The van der Waals surface area contributed by atoms with E-state index in [2.05, 4.69) is 25.7 Å². The summed E-state index contributed by atoms with van der Waals surface area (Å²) < 4.78 is 4.82. The Morgan fingerprint density at radius 3 is 2.67 bits per heavy atom. The van der Waals surface area contributed by atoms with Crippen LogP contribution in [0.1, 0.15) is 20.3 Å². The molecule has 0 aromatic carbocycles. The summed E-state index contributed by atoms with van der Waals surface area (Å²) in [7, 11) is 1.61. The summed E-state index contributed by atoms with van der Waals surface area (Å²) in [5.74, 6) is 0.643. The summed E-state index contributed by atoms with van der Waals surface area (Å²) in [5, 5.41) is 3.06. The van der Waals surface area contributed by atoms with Gasteiger partial charge in [-0.25, -0.2) is 0 Å². The number of methoxy groups -OCH3 is 1. The maximum Gasteiger partial charge on any atom is 0.179 e. The molecule has 0 radical (unpaired) electrons. The van der Waals surface area contributed by atoms with Gasteiger partial charge in [0.05, 0.1) is 7.11 Å². The van der Waals surface area contributed by atoms with Gasteiger partial charge in [-0.05, 0) is 19.9 Å². The normalized spacial score (nSPS) is 12.3. The molecule has 2 nitrogen and oxygen atoms in total. The molecule has 0 aliphatic rings. The Hall–Kier alpha value is -0.660. The number of ether oxygens (including phenoxy) is 1. The zero-order chi connectivity index (χ0) is 7.28. The van der Waals surface area contributed by atoms with Crippen molar-refractivity contribution in [3.05, 3.63) is 12.5 Å². The fraction of sp³-hybridized carbons (Fsp3) is 0.714. The summed E-state index contributed by atoms with van der Waals surface area (Å²) in [5.41, 5.74) is 0. The molecule has 0 aromatic heterocycles. The standard InChI is InChI=1S/C7H15NO/c1-5-6(2)8-7(3)9-4/h6,8H,3,5H2,1-2,4H3/t6-/m0/s1. The Morgan fingerprint density at radius 2 is 2.33 bits per heavy atom. The van der Waals surface area contributed by atoms with E-state index in [9.17, 15) is 0 Å². The van der Waals surface area contributed by atoms with Gasteiger partial charge in [-0.2, -0.15) is 0 Å². The van der Waals surface area contributed by atoms with Crippen molar-refractivity contribution in [2.24, 2.45) is 0 Å². The van der Waals surface area contributed by atoms with Gasteiger partial charge in [0, 0.05) is 6.04 Å². The van der Waals surface area contributed by atoms with Crippen LogP contribution in [-0.2, 0) is 4.74 Å². The first-order valence-electron chi connectivity index (χ1n) is 3.20. The van der Waals surface area contributed by atoms with Gasteiger partial charge in [0.1, 0.15) is 0 Å². The molecule has 0 spiro atoms. The van der Waals surface area contributed by atoms with Crippen molar-refractivity contribution >= 4 is 0 Å². The molecule has 0 aromatic rings. The molecule has 0 fully saturated rings. The van der Waals surface area contributed by atoms with E-state index in [0.717, 1.165) is 6.42 Å². The van der Waals surface area contributed by atoms with Gasteiger partial charge in [-0.3, -0.25) is 0 Å². The minimum atomic E-state index is 0.456. The summed E-state index contributed by atoms with van der Waals surface area (Å²) >= 11 is 0. The summed E-state index contributed by atoms with van der Waals surface area (Å²) in [6.45, 7) is 7.83. The van der Waals surface area contributed by atoms with Gasteiger partial charge < -0.3 is 10.1 Å². The van der Waals surface area contributed by atoms with Crippen LogP contribution in [0.2, 0.25) is 0 Å². The van der Waals surface area contributed by atoms with E-state index in [4.69, 9.17) is 4.74 Å². The first-order chi connectivity index (χ1) is 4.20. The third-order valence-corrected chi connectivity index (χ3v) is 1.27. The van der Waals surface area contributed by atoms with E-state index in [1.54, 1.807) is 7.11 Å². The molecule has 0 heterocycles. The molecule has 2 heteroatoms. The van der Waals surface area contributed by atoms with Gasteiger partial charge in [0.15, 0.2) is 5.88 Å². The van der Waals surface area contributed by atoms with Crippen molar-refractivity contribution in [1.82, 2.24) is 5.32 Å². The van der Waals surface area contributed by atoms with E-state index in [1.165, 1.54) is 0 Å². The second kappa shape index (κ2) is 4.24. The largest absolute Gasteiger partial charge is 0.483 e. The molecule has 0 saturated heterocycles. The minimum Gasteiger partial charge on any atom is -0.483 e. The number of hydrogen-bond donors (Lipinski definition) is 1. The highest BCUT2D eigenvalue weighted by molar-refractivity contribution is 4.80. The quantitative estimate of drug-likeness (QED) is 0.581. The SMILES string of the molecule is C=C(N[C@@H](C)CC)OC. The Labute approximate surface area is 56.9 Å². The maximum absolute atomic E-state index is 4.82. The van der Waals surface area contributed by atoms with Crippen LogP contribution in [0.15, 0.2) is 12.5 Å². The van der Waals surface area contributed by atoms with Gasteiger partial charge >= 0.3 is 0 Å². The smallest absolute Gasteiger partial charge is 0.179 e. The van der Waals surface area contributed by atoms with Crippen molar-refractivity contribution in [2.45, 2.75) is 26.3 Å². The third-order valence-electron chi connectivity index (χ3n) is 1.27.